The van der Waals surface area contributed by atoms with E-state index in [-0.39, 0.29) is 17.5 Å². The maximum Gasteiger partial charge on any atom is 0.276 e. The lowest BCUT2D eigenvalue weighted by atomic mass is 10.00. The highest BCUT2D eigenvalue weighted by molar-refractivity contribution is 6.15. The second-order valence-corrected chi connectivity index (χ2v) is 6.64. The van der Waals surface area contributed by atoms with Crippen LogP contribution in [0.1, 0.15) is 32.8 Å². The summed E-state index contributed by atoms with van der Waals surface area (Å²) < 4.78 is 1.55. The van der Waals surface area contributed by atoms with E-state index in [1.807, 2.05) is 43.3 Å². The number of nitrogens with zero attached hydrogens (tertiary/aromatic N) is 3. The zero-order valence-corrected chi connectivity index (χ0v) is 14.8. The predicted octanol–water partition coefficient (Wildman–Crippen LogP) is 2.98. The molecule has 2 aromatic carbocycles. The van der Waals surface area contributed by atoms with Crippen molar-refractivity contribution in [2.75, 3.05) is 18.4 Å². The number of aryl methyl sites for hydroxylation is 2. The fourth-order valence-corrected chi connectivity index (χ4v) is 3.24. The Morgan fingerprint density at radius 1 is 1.08 bits per heavy atom. The molecule has 0 saturated carbocycles. The number of hydrogen-bond donors (Lipinski definition) is 1. The number of hydrogen-bond acceptors (Lipinski definition) is 3. The number of anilines is 1. The maximum atomic E-state index is 12.9. The summed E-state index contributed by atoms with van der Waals surface area (Å²) >= 11 is 0. The Morgan fingerprint density at radius 3 is 2.50 bits per heavy atom. The first-order valence-electron chi connectivity index (χ1n) is 8.67. The lowest BCUT2D eigenvalue weighted by Gasteiger charge is -2.30. The summed E-state index contributed by atoms with van der Waals surface area (Å²) in [6.45, 7) is 3.51. The Labute approximate surface area is 151 Å². The summed E-state index contributed by atoms with van der Waals surface area (Å²) in [5.74, 6) is -0.382. The molecule has 4 rings (SSSR count). The van der Waals surface area contributed by atoms with Gasteiger partial charge in [-0.25, -0.2) is 0 Å². The molecule has 1 saturated heterocycles. The van der Waals surface area contributed by atoms with Crippen LogP contribution in [0.4, 0.5) is 5.69 Å². The van der Waals surface area contributed by atoms with Crippen molar-refractivity contribution >= 4 is 28.3 Å². The van der Waals surface area contributed by atoms with Crippen LogP contribution >= 0.6 is 0 Å². The van der Waals surface area contributed by atoms with E-state index >= 15 is 0 Å². The summed E-state index contributed by atoms with van der Waals surface area (Å²) in [5, 5.41) is 9.06. The number of likely N-dealkylation sites (tertiary alicyclic amines) is 1. The number of aromatic nitrogens is 2. The molecule has 26 heavy (non-hydrogen) atoms. The smallest absolute Gasteiger partial charge is 0.276 e. The number of nitrogens with one attached hydrogen (secondary N) is 1. The molecule has 1 aliphatic rings. The van der Waals surface area contributed by atoms with Gasteiger partial charge in [0, 0.05) is 31.9 Å². The summed E-state index contributed by atoms with van der Waals surface area (Å²) in [7, 11) is 1.74. The zero-order valence-electron chi connectivity index (χ0n) is 14.8. The summed E-state index contributed by atoms with van der Waals surface area (Å²) in [6, 6.07) is 11.6. The van der Waals surface area contributed by atoms with Gasteiger partial charge in [0.25, 0.3) is 11.8 Å². The van der Waals surface area contributed by atoms with Crippen LogP contribution in [0.25, 0.3) is 10.8 Å². The lowest BCUT2D eigenvalue weighted by molar-refractivity contribution is 0.0646. The fraction of sp³-hybridized carbons (Fsp3) is 0.250. The average Bonchev–Trinajstić information content (AvgIpc) is 2.94. The molecular formula is C20H20N4O2. The van der Waals surface area contributed by atoms with Crippen LogP contribution in [0.15, 0.2) is 42.6 Å². The first-order valence-corrected chi connectivity index (χ1v) is 8.67. The van der Waals surface area contributed by atoms with Crippen molar-refractivity contribution in [1.29, 1.82) is 0 Å². The van der Waals surface area contributed by atoms with Crippen LogP contribution < -0.4 is 5.32 Å². The van der Waals surface area contributed by atoms with E-state index in [1.54, 1.807) is 22.8 Å². The largest absolute Gasteiger partial charge is 0.337 e. The number of rotatable bonds is 3. The molecule has 6 heteroatoms. The van der Waals surface area contributed by atoms with Crippen molar-refractivity contribution in [3.8, 4) is 0 Å². The molecule has 0 spiro atoms. The third-order valence-corrected chi connectivity index (χ3v) is 4.81. The molecule has 132 valence electrons. The van der Waals surface area contributed by atoms with Gasteiger partial charge in [-0.1, -0.05) is 30.3 Å². The molecule has 0 unspecified atom stereocenters. The van der Waals surface area contributed by atoms with Crippen LogP contribution in [0.5, 0.6) is 0 Å². The molecule has 1 fully saturated rings. The molecule has 0 radical (unpaired) electrons. The van der Waals surface area contributed by atoms with Gasteiger partial charge in [-0.05, 0) is 35.7 Å². The Hall–Kier alpha value is -3.15. The third kappa shape index (κ3) is 2.73. The second kappa shape index (κ2) is 6.29. The van der Waals surface area contributed by atoms with Gasteiger partial charge in [0.2, 0.25) is 0 Å². The molecule has 2 amide bonds. The minimum atomic E-state index is -0.244. The molecular weight excluding hydrogens is 328 g/mol. The molecule has 6 nitrogen and oxygen atoms in total. The van der Waals surface area contributed by atoms with Crippen molar-refractivity contribution < 1.29 is 9.59 Å². The molecule has 1 N–H and O–H groups in total. The van der Waals surface area contributed by atoms with Gasteiger partial charge in [0.15, 0.2) is 5.69 Å². The van der Waals surface area contributed by atoms with Crippen molar-refractivity contribution in [2.24, 2.45) is 7.05 Å². The van der Waals surface area contributed by atoms with E-state index in [4.69, 9.17) is 0 Å². The van der Waals surface area contributed by atoms with Gasteiger partial charge in [0.05, 0.1) is 5.69 Å². The molecule has 1 aromatic heterocycles. The summed E-state index contributed by atoms with van der Waals surface area (Å²) in [5.41, 5.74) is 2.43. The van der Waals surface area contributed by atoms with Crippen LogP contribution in [-0.4, -0.2) is 39.6 Å². The SMILES string of the molecule is Cc1ccc(C(=O)Nc2cn(C)nc2C(=O)N2CCC2)c2ccccc12. The van der Waals surface area contributed by atoms with Gasteiger partial charge in [0.1, 0.15) is 0 Å². The monoisotopic (exact) mass is 348 g/mol. The van der Waals surface area contributed by atoms with Crippen molar-refractivity contribution in [3.63, 3.8) is 0 Å². The highest BCUT2D eigenvalue weighted by Gasteiger charge is 2.27. The van der Waals surface area contributed by atoms with Crippen LogP contribution in [-0.2, 0) is 7.05 Å². The van der Waals surface area contributed by atoms with Crippen molar-refractivity contribution in [1.82, 2.24) is 14.7 Å². The molecule has 0 aliphatic carbocycles. The second-order valence-electron chi connectivity index (χ2n) is 6.64. The predicted molar refractivity (Wildman–Crippen MR) is 100 cm³/mol. The van der Waals surface area contributed by atoms with Gasteiger partial charge in [-0.3, -0.25) is 14.3 Å². The number of fused-ring (bicyclic) bond motifs is 1. The van der Waals surface area contributed by atoms with E-state index in [0.29, 0.717) is 11.3 Å². The number of benzene rings is 2. The van der Waals surface area contributed by atoms with E-state index in [0.717, 1.165) is 35.8 Å². The van der Waals surface area contributed by atoms with Crippen molar-refractivity contribution in [2.45, 2.75) is 13.3 Å². The first-order chi connectivity index (χ1) is 12.5. The summed E-state index contributed by atoms with van der Waals surface area (Å²) in [4.78, 5) is 27.2. The maximum absolute atomic E-state index is 12.9. The molecule has 0 bridgehead atoms. The van der Waals surface area contributed by atoms with E-state index in [2.05, 4.69) is 10.4 Å². The van der Waals surface area contributed by atoms with Crippen LogP contribution in [0.3, 0.4) is 0 Å². The highest BCUT2D eigenvalue weighted by Crippen LogP contribution is 2.24. The molecule has 1 aliphatic heterocycles. The summed E-state index contributed by atoms with van der Waals surface area (Å²) in [6.07, 6.45) is 2.68. The van der Waals surface area contributed by atoms with Crippen LogP contribution in [0.2, 0.25) is 0 Å². The Kier molecular flexibility index (Phi) is 3.95. The zero-order chi connectivity index (χ0) is 18.3. The molecule has 3 aromatic rings. The Balaban J connectivity index is 1.68. The van der Waals surface area contributed by atoms with E-state index in [1.165, 1.54) is 0 Å². The molecule has 2 heterocycles. The van der Waals surface area contributed by atoms with Crippen LogP contribution in [0, 0.1) is 6.92 Å². The Bertz CT molecular complexity index is 1020. The quantitative estimate of drug-likeness (QED) is 0.791. The van der Waals surface area contributed by atoms with E-state index in [9.17, 15) is 9.59 Å². The van der Waals surface area contributed by atoms with Crippen molar-refractivity contribution in [3.05, 3.63) is 59.4 Å². The highest BCUT2D eigenvalue weighted by atomic mass is 16.2. The van der Waals surface area contributed by atoms with Gasteiger partial charge >= 0.3 is 0 Å². The number of amides is 2. The number of carbonyl (C=O) groups is 2. The normalized spacial score (nSPS) is 13.5. The number of carbonyl (C=O) groups excluding carboxylic acids is 2. The fourth-order valence-electron chi connectivity index (χ4n) is 3.24. The first kappa shape index (κ1) is 16.3. The van der Waals surface area contributed by atoms with Gasteiger partial charge in [-0.15, -0.1) is 0 Å². The van der Waals surface area contributed by atoms with E-state index < -0.39 is 0 Å². The van der Waals surface area contributed by atoms with Gasteiger partial charge in [-0.2, -0.15) is 5.10 Å². The minimum absolute atomic E-state index is 0.138. The minimum Gasteiger partial charge on any atom is -0.337 e. The third-order valence-electron chi connectivity index (χ3n) is 4.81. The molecule has 0 atom stereocenters. The average molecular weight is 348 g/mol. The topological polar surface area (TPSA) is 67.2 Å². The standard InChI is InChI=1S/C20H20N4O2/c1-13-8-9-16(15-7-4-3-6-14(13)15)19(25)21-17-12-23(2)22-18(17)20(26)24-10-5-11-24/h3-4,6-9,12H,5,10-11H2,1-2H3,(H,21,25). The lowest BCUT2D eigenvalue weighted by Crippen LogP contribution is -2.42. The Morgan fingerprint density at radius 2 is 1.81 bits per heavy atom. The van der Waals surface area contributed by atoms with Gasteiger partial charge < -0.3 is 10.2 Å².